The Labute approximate surface area is 134 Å². The molecule has 2 saturated heterocycles. The van der Waals surface area contributed by atoms with Crippen molar-refractivity contribution in [1.29, 1.82) is 0 Å². The molecule has 22 heavy (non-hydrogen) atoms. The summed E-state index contributed by atoms with van der Waals surface area (Å²) < 4.78 is 25.7. The SMILES string of the molecule is CS(=O)(=O)N1C2CCC1CN(c1cc(Cl)cc3[nH]ccc13)C2. The van der Waals surface area contributed by atoms with Crippen LogP contribution in [-0.2, 0) is 10.0 Å². The van der Waals surface area contributed by atoms with E-state index in [1.54, 1.807) is 4.31 Å². The number of aromatic nitrogens is 1. The number of benzene rings is 1. The van der Waals surface area contributed by atoms with Crippen molar-refractivity contribution in [1.82, 2.24) is 9.29 Å². The summed E-state index contributed by atoms with van der Waals surface area (Å²) in [6.07, 6.45) is 5.10. The summed E-state index contributed by atoms with van der Waals surface area (Å²) >= 11 is 6.24. The van der Waals surface area contributed by atoms with Crippen LogP contribution in [0, 0.1) is 0 Å². The lowest BCUT2D eigenvalue weighted by Gasteiger charge is -2.40. The second kappa shape index (κ2) is 4.88. The van der Waals surface area contributed by atoms with Crippen LogP contribution in [-0.4, -0.2) is 49.1 Å². The Bertz CT molecular complexity index is 818. The Balaban J connectivity index is 1.72. The standard InChI is InChI=1S/C15H18ClN3O2S/c1-22(20,21)19-11-2-3-12(19)9-18(8-11)15-7-10(16)6-14-13(15)4-5-17-14/h4-7,11-12,17H,2-3,8-9H2,1H3. The van der Waals surface area contributed by atoms with E-state index < -0.39 is 10.0 Å². The molecule has 2 atom stereocenters. The largest absolute Gasteiger partial charge is 0.368 e. The minimum absolute atomic E-state index is 0.0710. The van der Waals surface area contributed by atoms with E-state index >= 15 is 0 Å². The zero-order chi connectivity index (χ0) is 15.5. The molecule has 4 rings (SSSR count). The molecule has 5 nitrogen and oxygen atoms in total. The number of H-pyrrole nitrogens is 1. The van der Waals surface area contributed by atoms with Crippen molar-refractivity contribution < 1.29 is 8.42 Å². The van der Waals surface area contributed by atoms with Crippen molar-refractivity contribution >= 4 is 38.2 Å². The number of anilines is 1. The predicted molar refractivity (Wildman–Crippen MR) is 89.0 cm³/mol. The van der Waals surface area contributed by atoms with E-state index in [1.807, 2.05) is 24.4 Å². The van der Waals surface area contributed by atoms with Gasteiger partial charge in [-0.05, 0) is 31.0 Å². The third-order valence-corrected chi connectivity index (χ3v) is 6.33. The normalized spacial score (nSPS) is 26.0. The molecule has 2 aliphatic rings. The molecule has 2 aliphatic heterocycles. The molecule has 2 bridgehead atoms. The van der Waals surface area contributed by atoms with Gasteiger partial charge < -0.3 is 9.88 Å². The fourth-order valence-corrected chi connectivity index (χ4v) is 5.62. The number of nitrogens with one attached hydrogen (secondary N) is 1. The fraction of sp³-hybridized carbons (Fsp3) is 0.467. The highest BCUT2D eigenvalue weighted by atomic mass is 35.5. The molecule has 2 unspecified atom stereocenters. The highest BCUT2D eigenvalue weighted by Crippen LogP contribution is 2.37. The van der Waals surface area contributed by atoms with E-state index in [4.69, 9.17) is 11.6 Å². The summed E-state index contributed by atoms with van der Waals surface area (Å²) in [6.45, 7) is 1.45. The van der Waals surface area contributed by atoms with Crippen LogP contribution < -0.4 is 4.90 Å². The van der Waals surface area contributed by atoms with Gasteiger partial charge in [0.25, 0.3) is 0 Å². The molecule has 1 aromatic heterocycles. The Morgan fingerprint density at radius 2 is 1.91 bits per heavy atom. The van der Waals surface area contributed by atoms with Gasteiger partial charge in [-0.3, -0.25) is 0 Å². The molecule has 7 heteroatoms. The van der Waals surface area contributed by atoms with Gasteiger partial charge in [0, 0.05) is 53.0 Å². The maximum Gasteiger partial charge on any atom is 0.211 e. The van der Waals surface area contributed by atoms with Crippen molar-refractivity contribution in [2.24, 2.45) is 0 Å². The number of rotatable bonds is 2. The number of aromatic amines is 1. The summed E-state index contributed by atoms with van der Waals surface area (Å²) in [7, 11) is -3.13. The number of piperazine rings is 1. The topological polar surface area (TPSA) is 56.4 Å². The van der Waals surface area contributed by atoms with Gasteiger partial charge in [0.15, 0.2) is 0 Å². The van der Waals surface area contributed by atoms with Gasteiger partial charge in [-0.1, -0.05) is 11.6 Å². The second-order valence-corrected chi connectivity index (χ2v) is 8.57. The Morgan fingerprint density at radius 3 is 2.55 bits per heavy atom. The summed E-state index contributed by atoms with van der Waals surface area (Å²) in [4.78, 5) is 5.48. The van der Waals surface area contributed by atoms with Gasteiger partial charge in [0.2, 0.25) is 10.0 Å². The minimum Gasteiger partial charge on any atom is -0.368 e. The van der Waals surface area contributed by atoms with E-state index in [-0.39, 0.29) is 12.1 Å². The average Bonchev–Trinajstić information content (AvgIpc) is 3.00. The van der Waals surface area contributed by atoms with Crippen LogP contribution in [0.3, 0.4) is 0 Å². The molecule has 2 aromatic rings. The van der Waals surface area contributed by atoms with Crippen LogP contribution in [0.2, 0.25) is 5.02 Å². The van der Waals surface area contributed by atoms with Crippen LogP contribution in [0.1, 0.15) is 12.8 Å². The molecule has 0 saturated carbocycles. The molecular formula is C15H18ClN3O2S. The molecule has 0 spiro atoms. The number of hydrogen-bond donors (Lipinski definition) is 1. The minimum atomic E-state index is -3.13. The first-order valence-corrected chi connectivity index (χ1v) is 9.66. The number of hydrogen-bond acceptors (Lipinski definition) is 3. The Hall–Kier alpha value is -1.24. The molecule has 1 N–H and O–H groups in total. The Kier molecular flexibility index (Phi) is 3.18. The van der Waals surface area contributed by atoms with Crippen molar-refractivity contribution in [3.05, 3.63) is 29.4 Å². The first kappa shape index (κ1) is 14.4. The second-order valence-electron chi connectivity index (χ2n) is 6.25. The van der Waals surface area contributed by atoms with E-state index in [9.17, 15) is 8.42 Å². The van der Waals surface area contributed by atoms with Crippen molar-refractivity contribution in [3.63, 3.8) is 0 Å². The van der Waals surface area contributed by atoms with Gasteiger partial charge >= 0.3 is 0 Å². The number of sulfonamides is 1. The highest BCUT2D eigenvalue weighted by Gasteiger charge is 2.44. The molecule has 3 heterocycles. The lowest BCUT2D eigenvalue weighted by Crippen LogP contribution is -2.55. The molecule has 0 amide bonds. The van der Waals surface area contributed by atoms with Crippen LogP contribution in [0.15, 0.2) is 24.4 Å². The smallest absolute Gasteiger partial charge is 0.211 e. The van der Waals surface area contributed by atoms with Crippen LogP contribution in [0.4, 0.5) is 5.69 Å². The van der Waals surface area contributed by atoms with Gasteiger partial charge in [0.1, 0.15) is 0 Å². The summed E-state index contributed by atoms with van der Waals surface area (Å²) in [5.41, 5.74) is 2.11. The zero-order valence-electron chi connectivity index (χ0n) is 12.3. The van der Waals surface area contributed by atoms with Crippen molar-refractivity contribution in [3.8, 4) is 0 Å². The zero-order valence-corrected chi connectivity index (χ0v) is 13.9. The third-order valence-electron chi connectivity index (χ3n) is 4.75. The maximum absolute atomic E-state index is 12.0. The van der Waals surface area contributed by atoms with Gasteiger partial charge in [-0.2, -0.15) is 4.31 Å². The first-order chi connectivity index (χ1) is 10.4. The number of fused-ring (bicyclic) bond motifs is 3. The lowest BCUT2D eigenvalue weighted by atomic mass is 10.1. The van der Waals surface area contributed by atoms with Crippen LogP contribution in [0.25, 0.3) is 10.9 Å². The van der Waals surface area contributed by atoms with E-state index in [0.717, 1.165) is 42.5 Å². The first-order valence-electron chi connectivity index (χ1n) is 7.43. The van der Waals surface area contributed by atoms with Gasteiger partial charge in [0.05, 0.1) is 6.26 Å². The highest BCUT2D eigenvalue weighted by molar-refractivity contribution is 7.88. The molecule has 1 aromatic carbocycles. The fourth-order valence-electron chi connectivity index (χ4n) is 3.98. The van der Waals surface area contributed by atoms with Crippen LogP contribution >= 0.6 is 11.6 Å². The summed E-state index contributed by atoms with van der Waals surface area (Å²) in [5.74, 6) is 0. The maximum atomic E-state index is 12.0. The summed E-state index contributed by atoms with van der Waals surface area (Å²) in [5, 5.41) is 1.83. The van der Waals surface area contributed by atoms with Crippen molar-refractivity contribution in [2.75, 3.05) is 24.2 Å². The molecular weight excluding hydrogens is 322 g/mol. The summed E-state index contributed by atoms with van der Waals surface area (Å²) in [6, 6.07) is 6.09. The van der Waals surface area contributed by atoms with E-state index in [2.05, 4.69) is 9.88 Å². The molecule has 2 fully saturated rings. The third kappa shape index (κ3) is 2.21. The van der Waals surface area contributed by atoms with Crippen LogP contribution in [0.5, 0.6) is 0 Å². The van der Waals surface area contributed by atoms with E-state index in [0.29, 0.717) is 5.02 Å². The molecule has 118 valence electrons. The van der Waals surface area contributed by atoms with E-state index in [1.165, 1.54) is 6.26 Å². The predicted octanol–water partition coefficient (Wildman–Crippen LogP) is 2.43. The molecule has 0 aliphatic carbocycles. The van der Waals surface area contributed by atoms with Gasteiger partial charge in [-0.15, -0.1) is 0 Å². The quantitative estimate of drug-likeness (QED) is 0.914. The van der Waals surface area contributed by atoms with Crippen molar-refractivity contribution in [2.45, 2.75) is 24.9 Å². The monoisotopic (exact) mass is 339 g/mol. The lowest BCUT2D eigenvalue weighted by molar-refractivity contribution is 0.288. The Morgan fingerprint density at radius 1 is 1.23 bits per heavy atom. The average molecular weight is 340 g/mol. The number of halogens is 1. The number of nitrogens with zero attached hydrogens (tertiary/aromatic N) is 2. The molecule has 0 radical (unpaired) electrons. The van der Waals surface area contributed by atoms with Gasteiger partial charge in [-0.25, -0.2) is 8.42 Å².